The number of ether oxygens (including phenoxy) is 1. The first-order chi connectivity index (χ1) is 9.38. The SMILES string of the molecule is COc1cc(Br)cc(C)c1NC(=O)C1(C)CCCC1N. The molecule has 5 heteroatoms. The van der Waals surface area contributed by atoms with Gasteiger partial charge in [0.1, 0.15) is 5.75 Å². The molecule has 0 aliphatic heterocycles. The van der Waals surface area contributed by atoms with Crippen LogP contribution >= 0.6 is 15.9 Å². The maximum absolute atomic E-state index is 12.6. The molecule has 2 rings (SSSR count). The van der Waals surface area contributed by atoms with Crippen LogP contribution in [0.2, 0.25) is 0 Å². The number of rotatable bonds is 3. The number of nitrogens with one attached hydrogen (secondary N) is 1. The predicted octanol–water partition coefficient (Wildman–Crippen LogP) is 3.22. The highest BCUT2D eigenvalue weighted by atomic mass is 79.9. The number of anilines is 1. The number of amides is 1. The van der Waals surface area contributed by atoms with E-state index in [0.717, 1.165) is 35.0 Å². The van der Waals surface area contributed by atoms with Crippen LogP contribution in [-0.2, 0) is 4.79 Å². The number of carbonyl (C=O) groups excluding carboxylic acids is 1. The van der Waals surface area contributed by atoms with Crippen LogP contribution in [-0.4, -0.2) is 19.1 Å². The lowest BCUT2D eigenvalue weighted by Gasteiger charge is -2.28. The van der Waals surface area contributed by atoms with E-state index in [1.807, 2.05) is 26.0 Å². The summed E-state index contributed by atoms with van der Waals surface area (Å²) in [6, 6.07) is 3.72. The summed E-state index contributed by atoms with van der Waals surface area (Å²) in [6.07, 6.45) is 2.74. The molecule has 4 nitrogen and oxygen atoms in total. The summed E-state index contributed by atoms with van der Waals surface area (Å²) in [7, 11) is 1.60. The molecule has 0 spiro atoms. The van der Waals surface area contributed by atoms with Gasteiger partial charge in [0.05, 0.1) is 18.2 Å². The smallest absolute Gasteiger partial charge is 0.231 e. The summed E-state index contributed by atoms with van der Waals surface area (Å²) < 4.78 is 6.28. The number of halogens is 1. The normalized spacial score (nSPS) is 25.6. The second kappa shape index (κ2) is 5.74. The van der Waals surface area contributed by atoms with Crippen LogP contribution in [0.3, 0.4) is 0 Å². The molecule has 1 aromatic carbocycles. The predicted molar refractivity (Wildman–Crippen MR) is 84.0 cm³/mol. The van der Waals surface area contributed by atoms with Crippen molar-refractivity contribution in [3.63, 3.8) is 0 Å². The van der Waals surface area contributed by atoms with Gasteiger partial charge in [-0.1, -0.05) is 22.4 Å². The molecule has 0 radical (unpaired) electrons. The maximum Gasteiger partial charge on any atom is 0.231 e. The number of hydrogen-bond donors (Lipinski definition) is 2. The van der Waals surface area contributed by atoms with Crippen molar-refractivity contribution in [3.8, 4) is 5.75 Å². The van der Waals surface area contributed by atoms with Gasteiger partial charge in [0.15, 0.2) is 0 Å². The summed E-state index contributed by atoms with van der Waals surface area (Å²) in [5.74, 6) is 0.631. The van der Waals surface area contributed by atoms with Gasteiger partial charge in [-0.15, -0.1) is 0 Å². The molecule has 1 saturated carbocycles. The highest BCUT2D eigenvalue weighted by Crippen LogP contribution is 2.39. The standard InChI is InChI=1S/C15H21BrN2O2/c1-9-7-10(16)8-11(20-3)13(9)18-14(19)15(2)6-4-5-12(15)17/h7-8,12H,4-6,17H2,1-3H3,(H,18,19). The number of nitrogens with two attached hydrogens (primary N) is 1. The molecule has 1 aromatic rings. The van der Waals surface area contributed by atoms with Crippen molar-refractivity contribution >= 4 is 27.5 Å². The third-order valence-corrected chi connectivity index (χ3v) is 4.73. The van der Waals surface area contributed by atoms with E-state index >= 15 is 0 Å². The van der Waals surface area contributed by atoms with Gasteiger partial charge in [-0.05, 0) is 44.4 Å². The second-order valence-electron chi connectivity index (χ2n) is 5.67. The molecule has 1 aliphatic carbocycles. The highest BCUT2D eigenvalue weighted by Gasteiger charge is 2.43. The first kappa shape index (κ1) is 15.3. The second-order valence-corrected chi connectivity index (χ2v) is 6.59. The number of methoxy groups -OCH3 is 1. The lowest BCUT2D eigenvalue weighted by atomic mass is 9.84. The van der Waals surface area contributed by atoms with E-state index in [9.17, 15) is 4.79 Å². The summed E-state index contributed by atoms with van der Waals surface area (Å²) in [4.78, 5) is 12.6. The minimum atomic E-state index is -0.496. The largest absolute Gasteiger partial charge is 0.495 e. The van der Waals surface area contributed by atoms with Crippen molar-refractivity contribution in [1.29, 1.82) is 0 Å². The Balaban J connectivity index is 2.28. The van der Waals surface area contributed by atoms with Crippen LogP contribution in [0, 0.1) is 12.3 Å². The molecule has 0 heterocycles. The van der Waals surface area contributed by atoms with Gasteiger partial charge in [-0.25, -0.2) is 0 Å². The number of carbonyl (C=O) groups is 1. The van der Waals surface area contributed by atoms with Crippen molar-refractivity contribution in [2.45, 2.75) is 39.2 Å². The number of benzene rings is 1. The van der Waals surface area contributed by atoms with Gasteiger partial charge >= 0.3 is 0 Å². The van der Waals surface area contributed by atoms with Gasteiger partial charge in [-0.2, -0.15) is 0 Å². The van der Waals surface area contributed by atoms with Gasteiger partial charge in [0, 0.05) is 10.5 Å². The van der Waals surface area contributed by atoms with E-state index in [-0.39, 0.29) is 11.9 Å². The van der Waals surface area contributed by atoms with Crippen LogP contribution < -0.4 is 15.8 Å². The Morgan fingerprint density at radius 1 is 1.55 bits per heavy atom. The molecule has 1 fully saturated rings. The molecule has 2 unspecified atom stereocenters. The maximum atomic E-state index is 12.6. The van der Waals surface area contributed by atoms with Crippen LogP contribution in [0.4, 0.5) is 5.69 Å². The molecule has 1 amide bonds. The van der Waals surface area contributed by atoms with Crippen LogP contribution in [0.1, 0.15) is 31.7 Å². The summed E-state index contributed by atoms with van der Waals surface area (Å²) in [5.41, 5.74) is 7.29. The highest BCUT2D eigenvalue weighted by molar-refractivity contribution is 9.10. The molecule has 0 saturated heterocycles. The lowest BCUT2D eigenvalue weighted by Crippen LogP contribution is -2.44. The Labute approximate surface area is 128 Å². The monoisotopic (exact) mass is 340 g/mol. The van der Waals surface area contributed by atoms with Gasteiger partial charge < -0.3 is 15.8 Å². The Morgan fingerprint density at radius 2 is 2.25 bits per heavy atom. The number of hydrogen-bond acceptors (Lipinski definition) is 3. The molecule has 0 aromatic heterocycles. The molecular weight excluding hydrogens is 320 g/mol. The zero-order valence-corrected chi connectivity index (χ0v) is 13.7. The van der Waals surface area contributed by atoms with Gasteiger partial charge in [0.2, 0.25) is 5.91 Å². The van der Waals surface area contributed by atoms with Crippen molar-refractivity contribution in [2.24, 2.45) is 11.1 Å². The fraction of sp³-hybridized carbons (Fsp3) is 0.533. The topological polar surface area (TPSA) is 64.3 Å². The average molecular weight is 341 g/mol. The van der Waals surface area contributed by atoms with Crippen molar-refractivity contribution in [3.05, 3.63) is 22.2 Å². The fourth-order valence-electron chi connectivity index (χ4n) is 2.76. The van der Waals surface area contributed by atoms with Crippen molar-refractivity contribution in [1.82, 2.24) is 0 Å². The minimum absolute atomic E-state index is 0.0220. The van der Waals surface area contributed by atoms with E-state index < -0.39 is 5.41 Å². The minimum Gasteiger partial charge on any atom is -0.495 e. The third kappa shape index (κ3) is 2.69. The summed E-state index contributed by atoms with van der Waals surface area (Å²) in [5, 5.41) is 3.01. The molecule has 20 heavy (non-hydrogen) atoms. The molecular formula is C15H21BrN2O2. The zero-order valence-electron chi connectivity index (χ0n) is 12.1. The van der Waals surface area contributed by atoms with Crippen molar-refractivity contribution in [2.75, 3.05) is 12.4 Å². The van der Waals surface area contributed by atoms with E-state index in [4.69, 9.17) is 10.5 Å². The molecule has 2 atom stereocenters. The Kier molecular flexibility index (Phi) is 4.39. The quantitative estimate of drug-likeness (QED) is 0.887. The molecule has 110 valence electrons. The van der Waals surface area contributed by atoms with Crippen LogP contribution in [0.25, 0.3) is 0 Å². The van der Waals surface area contributed by atoms with Crippen LogP contribution in [0.15, 0.2) is 16.6 Å². The van der Waals surface area contributed by atoms with Crippen molar-refractivity contribution < 1.29 is 9.53 Å². The average Bonchev–Trinajstić information content (AvgIpc) is 2.73. The summed E-state index contributed by atoms with van der Waals surface area (Å²) in [6.45, 7) is 3.89. The van der Waals surface area contributed by atoms with Gasteiger partial charge in [0.25, 0.3) is 0 Å². The number of aryl methyl sites for hydroxylation is 1. The van der Waals surface area contributed by atoms with Crippen LogP contribution in [0.5, 0.6) is 5.75 Å². The van der Waals surface area contributed by atoms with Gasteiger partial charge in [-0.3, -0.25) is 4.79 Å². The Bertz CT molecular complexity index is 533. The molecule has 0 bridgehead atoms. The van der Waals surface area contributed by atoms with E-state index in [0.29, 0.717) is 5.75 Å². The lowest BCUT2D eigenvalue weighted by molar-refractivity contribution is -0.125. The fourth-order valence-corrected chi connectivity index (χ4v) is 3.32. The Morgan fingerprint density at radius 3 is 2.80 bits per heavy atom. The summed E-state index contributed by atoms with van der Waals surface area (Å²) >= 11 is 3.43. The molecule has 3 N–H and O–H groups in total. The van der Waals surface area contributed by atoms with E-state index in [1.54, 1.807) is 7.11 Å². The first-order valence-electron chi connectivity index (χ1n) is 6.79. The third-order valence-electron chi connectivity index (χ3n) is 4.27. The van der Waals surface area contributed by atoms with E-state index in [1.165, 1.54) is 0 Å². The zero-order chi connectivity index (χ0) is 14.9. The molecule has 1 aliphatic rings. The first-order valence-corrected chi connectivity index (χ1v) is 7.59. The Hall–Kier alpha value is -1.07. The van der Waals surface area contributed by atoms with E-state index in [2.05, 4.69) is 21.2 Å².